The van der Waals surface area contributed by atoms with Gasteiger partial charge >= 0.3 is 0 Å². The molecule has 1 saturated carbocycles. The summed E-state index contributed by atoms with van der Waals surface area (Å²) in [6.07, 6.45) is 1.31. The Morgan fingerprint density at radius 2 is 1.33 bits per heavy atom. The second kappa shape index (κ2) is 3.67. The van der Waals surface area contributed by atoms with Crippen molar-refractivity contribution in [3.63, 3.8) is 0 Å². The van der Waals surface area contributed by atoms with Crippen LogP contribution in [-0.2, 0) is 0 Å². The van der Waals surface area contributed by atoms with Crippen molar-refractivity contribution in [3.05, 3.63) is 0 Å². The summed E-state index contributed by atoms with van der Waals surface area (Å²) in [7, 11) is 0. The number of rotatable bonds is 0. The third-order valence-corrected chi connectivity index (χ3v) is 5.53. The zero-order chi connectivity index (χ0) is 10.6. The van der Waals surface area contributed by atoms with Crippen LogP contribution >= 0.6 is 15.9 Å². The highest BCUT2D eigenvalue weighted by atomic mass is 79.9. The summed E-state index contributed by atoms with van der Waals surface area (Å²) in [5.41, 5.74) is 13.6. The topological polar surface area (TPSA) is 48.1 Å². The van der Waals surface area contributed by atoms with Gasteiger partial charge in [-0.3, -0.25) is 21.7 Å². The van der Waals surface area contributed by atoms with Crippen LogP contribution in [0.4, 0.5) is 0 Å². The van der Waals surface area contributed by atoms with Crippen molar-refractivity contribution in [1.82, 2.24) is 21.7 Å². The predicted octanol–water partition coefficient (Wildman–Crippen LogP) is 0.116. The van der Waals surface area contributed by atoms with Crippen molar-refractivity contribution >= 4 is 15.9 Å². The molecule has 0 aromatic heterocycles. The predicted molar refractivity (Wildman–Crippen MR) is 63.4 cm³/mol. The van der Waals surface area contributed by atoms with E-state index in [4.69, 9.17) is 0 Å². The smallest absolute Gasteiger partial charge is 0.0486 e. The summed E-state index contributed by atoms with van der Waals surface area (Å²) in [5.74, 6) is 1.50. The lowest BCUT2D eigenvalue weighted by molar-refractivity contribution is 0.219. The first kappa shape index (κ1) is 10.5. The third kappa shape index (κ3) is 1.48. The van der Waals surface area contributed by atoms with Crippen LogP contribution in [0.5, 0.6) is 0 Å². The lowest BCUT2D eigenvalue weighted by Gasteiger charge is -2.39. The molecule has 0 amide bonds. The fourth-order valence-electron chi connectivity index (χ4n) is 3.38. The van der Waals surface area contributed by atoms with E-state index in [2.05, 4.69) is 51.5 Å². The Morgan fingerprint density at radius 3 is 1.80 bits per heavy atom. The Morgan fingerprint density at radius 1 is 0.867 bits per heavy atom. The molecule has 0 bridgehead atoms. The average Bonchev–Trinajstić information content (AvgIpc) is 2.75. The van der Waals surface area contributed by atoms with Gasteiger partial charge in [0.05, 0.1) is 0 Å². The normalized spacial score (nSPS) is 59.0. The highest BCUT2D eigenvalue weighted by molar-refractivity contribution is 9.09. The Labute approximate surface area is 99.0 Å². The van der Waals surface area contributed by atoms with Crippen molar-refractivity contribution in [1.29, 1.82) is 0 Å². The minimum atomic E-state index is 0.510. The van der Waals surface area contributed by atoms with Gasteiger partial charge in [0.1, 0.15) is 0 Å². The second-order valence-electron chi connectivity index (χ2n) is 5.21. The van der Waals surface area contributed by atoms with E-state index in [1.165, 1.54) is 6.42 Å². The molecule has 0 radical (unpaired) electrons. The van der Waals surface area contributed by atoms with Crippen LogP contribution in [0, 0.1) is 11.8 Å². The van der Waals surface area contributed by atoms with Crippen molar-refractivity contribution in [2.45, 2.75) is 49.3 Å². The van der Waals surface area contributed by atoms with Gasteiger partial charge in [-0.15, -0.1) is 0 Å². The first-order chi connectivity index (χ1) is 7.18. The van der Waals surface area contributed by atoms with Gasteiger partial charge in [-0.05, 0) is 32.1 Å². The Kier molecular flexibility index (Phi) is 2.56. The minimum absolute atomic E-state index is 0.510. The summed E-state index contributed by atoms with van der Waals surface area (Å²) < 4.78 is 0. The maximum atomic E-state index is 3.85. The summed E-state index contributed by atoms with van der Waals surface area (Å²) in [6, 6.07) is 2.29. The number of hydrogen-bond acceptors (Lipinski definition) is 4. The molecule has 1 aliphatic carbocycles. The van der Waals surface area contributed by atoms with Crippen molar-refractivity contribution < 1.29 is 0 Å². The zero-order valence-electron chi connectivity index (χ0n) is 9.13. The molecule has 5 heteroatoms. The Hall–Kier alpha value is 0.320. The van der Waals surface area contributed by atoms with Crippen LogP contribution in [0.1, 0.15) is 20.3 Å². The summed E-state index contributed by atoms with van der Waals surface area (Å²) in [6.45, 7) is 4.55. The van der Waals surface area contributed by atoms with Gasteiger partial charge in [-0.25, -0.2) is 0 Å². The van der Waals surface area contributed by atoms with Gasteiger partial charge in [0.25, 0.3) is 0 Å². The van der Waals surface area contributed by atoms with E-state index in [1.807, 2.05) is 0 Å². The van der Waals surface area contributed by atoms with Crippen LogP contribution < -0.4 is 21.7 Å². The molecule has 3 aliphatic rings. The highest BCUT2D eigenvalue weighted by Crippen LogP contribution is 2.40. The summed E-state index contributed by atoms with van der Waals surface area (Å²) in [4.78, 5) is 0.510. The summed E-state index contributed by atoms with van der Waals surface area (Å²) in [5, 5.41) is 0. The molecule has 2 aliphatic heterocycles. The van der Waals surface area contributed by atoms with E-state index >= 15 is 0 Å². The quantitative estimate of drug-likeness (QED) is 0.474. The largest absolute Gasteiger partial charge is 0.254 e. The van der Waals surface area contributed by atoms with E-state index in [1.54, 1.807) is 0 Å². The maximum Gasteiger partial charge on any atom is 0.0486 e. The van der Waals surface area contributed by atoms with Crippen LogP contribution in [0.25, 0.3) is 0 Å². The molecule has 2 saturated heterocycles. The number of halogens is 1. The molecular weight excluding hydrogens is 256 g/mol. The van der Waals surface area contributed by atoms with Crippen molar-refractivity contribution in [3.8, 4) is 0 Å². The van der Waals surface area contributed by atoms with Gasteiger partial charge in [0, 0.05) is 29.0 Å². The minimum Gasteiger partial charge on any atom is -0.254 e. The highest BCUT2D eigenvalue weighted by Gasteiger charge is 2.51. The lowest BCUT2D eigenvalue weighted by atomic mass is 9.72. The first-order valence-electron chi connectivity index (χ1n) is 5.84. The number of fused-ring (bicyclic) bond motifs is 2. The molecule has 2 heterocycles. The molecule has 6 atom stereocenters. The first-order valence-corrected chi connectivity index (χ1v) is 6.76. The zero-order valence-corrected chi connectivity index (χ0v) is 10.7. The lowest BCUT2D eigenvalue weighted by Crippen LogP contribution is -2.54. The molecule has 3 fully saturated rings. The SMILES string of the molecule is CC1NNC2C(Br)C3NNC(C)C3CC12. The van der Waals surface area contributed by atoms with Gasteiger partial charge in [-0.2, -0.15) is 0 Å². The van der Waals surface area contributed by atoms with E-state index in [0.717, 1.165) is 11.8 Å². The molecular formula is C10H19BrN4. The molecule has 4 nitrogen and oxygen atoms in total. The van der Waals surface area contributed by atoms with Gasteiger partial charge < -0.3 is 0 Å². The van der Waals surface area contributed by atoms with Gasteiger partial charge in [0.2, 0.25) is 0 Å². The van der Waals surface area contributed by atoms with Crippen LogP contribution in [0.3, 0.4) is 0 Å². The fourth-order valence-corrected chi connectivity index (χ4v) is 4.42. The Bertz CT molecular complexity index is 238. The van der Waals surface area contributed by atoms with Crippen LogP contribution in [0.15, 0.2) is 0 Å². The molecule has 86 valence electrons. The van der Waals surface area contributed by atoms with Crippen molar-refractivity contribution in [2.75, 3.05) is 0 Å². The second-order valence-corrected chi connectivity index (χ2v) is 6.27. The third-order valence-electron chi connectivity index (χ3n) is 4.39. The molecule has 0 aromatic carbocycles. The fraction of sp³-hybridized carbons (Fsp3) is 1.00. The standard InChI is InChI=1S/C10H19BrN4/c1-4-6-3-7-5(2)13-15-10(7)8(11)9(6)14-12-4/h4-10,12-15H,3H2,1-2H3. The monoisotopic (exact) mass is 274 g/mol. The van der Waals surface area contributed by atoms with Gasteiger partial charge in [-0.1, -0.05) is 15.9 Å². The van der Waals surface area contributed by atoms with E-state index in [0.29, 0.717) is 29.0 Å². The van der Waals surface area contributed by atoms with Crippen LogP contribution in [0.2, 0.25) is 0 Å². The molecule has 0 aromatic rings. The van der Waals surface area contributed by atoms with E-state index in [-0.39, 0.29) is 0 Å². The van der Waals surface area contributed by atoms with Crippen LogP contribution in [-0.4, -0.2) is 29.0 Å². The molecule has 4 N–H and O–H groups in total. The maximum absolute atomic E-state index is 3.85. The molecule has 0 spiro atoms. The van der Waals surface area contributed by atoms with Gasteiger partial charge in [0.15, 0.2) is 0 Å². The van der Waals surface area contributed by atoms with Crippen molar-refractivity contribution in [2.24, 2.45) is 11.8 Å². The van der Waals surface area contributed by atoms with E-state index < -0.39 is 0 Å². The summed E-state index contributed by atoms with van der Waals surface area (Å²) >= 11 is 3.85. The molecule has 3 rings (SSSR count). The number of hydrazine groups is 2. The molecule has 6 unspecified atom stereocenters. The number of hydrogen-bond donors (Lipinski definition) is 4. The average molecular weight is 275 g/mol. The Balaban J connectivity index is 1.84. The number of nitrogens with one attached hydrogen (secondary N) is 4. The number of alkyl halides is 1. The van der Waals surface area contributed by atoms with E-state index in [9.17, 15) is 0 Å². The molecule has 15 heavy (non-hydrogen) atoms.